The van der Waals surface area contributed by atoms with Gasteiger partial charge in [0.05, 0.1) is 0 Å². The number of rotatable bonds is 4. The number of carbonyl (C=O) groups excluding carboxylic acids is 1. The highest BCUT2D eigenvalue weighted by atomic mass is 16.8. The predicted molar refractivity (Wildman–Crippen MR) is 82.0 cm³/mol. The fourth-order valence-corrected chi connectivity index (χ4v) is 2.92. The summed E-state index contributed by atoms with van der Waals surface area (Å²) in [7, 11) is 1.45. The first-order valence-electron chi connectivity index (χ1n) is 7.69. The summed E-state index contributed by atoms with van der Waals surface area (Å²) in [4.78, 5) is 27.2. The van der Waals surface area contributed by atoms with Crippen molar-refractivity contribution in [1.82, 2.24) is 14.9 Å². The monoisotopic (exact) mass is 356 g/mol. The van der Waals surface area contributed by atoms with E-state index in [2.05, 4.69) is 10.3 Å². The average Bonchev–Trinajstić information content (AvgIpc) is 3.05. The van der Waals surface area contributed by atoms with Gasteiger partial charge in [0.15, 0.2) is 17.8 Å². The second-order valence-electron chi connectivity index (χ2n) is 6.09. The standard InChI is InChI=1S/C14H20N4O7/c1-14(2)24-9-7(6-22-13(20)15-3)23-11(10(9)25-14)18-5-4-8(17-21)16-12(18)19/h4-5,7,9-11,21H,6H2,1-3H3,(H,15,20)(H,16,17,19)/t7-,9-,10-,11-/m1/s1. The SMILES string of the molecule is CNC(=O)OC[C@H]1O[C@@H](n2ccc(NO)nc2=O)[C@@H]2OC(C)(C)O[C@@H]21. The largest absolute Gasteiger partial charge is 0.447 e. The van der Waals surface area contributed by atoms with Gasteiger partial charge in [-0.25, -0.2) is 9.59 Å². The smallest absolute Gasteiger partial charge is 0.406 e. The summed E-state index contributed by atoms with van der Waals surface area (Å²) >= 11 is 0. The van der Waals surface area contributed by atoms with Gasteiger partial charge in [-0.3, -0.25) is 15.3 Å². The maximum absolute atomic E-state index is 12.2. The van der Waals surface area contributed by atoms with Gasteiger partial charge in [-0.2, -0.15) is 4.98 Å². The minimum atomic E-state index is -0.869. The van der Waals surface area contributed by atoms with Crippen molar-refractivity contribution in [1.29, 1.82) is 0 Å². The first-order chi connectivity index (χ1) is 11.8. The van der Waals surface area contributed by atoms with E-state index in [4.69, 9.17) is 24.2 Å². The summed E-state index contributed by atoms with van der Waals surface area (Å²) in [5.41, 5.74) is 1.17. The van der Waals surface area contributed by atoms with E-state index in [1.54, 1.807) is 13.8 Å². The topological polar surface area (TPSA) is 133 Å². The molecule has 0 radical (unpaired) electrons. The fraction of sp³-hybridized carbons (Fsp3) is 0.643. The number of alkyl carbamates (subject to hydrolysis) is 1. The molecular weight excluding hydrogens is 336 g/mol. The van der Waals surface area contributed by atoms with Crippen LogP contribution in [0.5, 0.6) is 0 Å². The molecule has 138 valence electrons. The molecule has 0 aliphatic carbocycles. The number of anilines is 1. The van der Waals surface area contributed by atoms with Crippen LogP contribution in [0, 0.1) is 0 Å². The zero-order valence-corrected chi connectivity index (χ0v) is 14.0. The van der Waals surface area contributed by atoms with E-state index < -0.39 is 42.1 Å². The lowest BCUT2D eigenvalue weighted by molar-refractivity contribution is -0.200. The van der Waals surface area contributed by atoms with E-state index in [9.17, 15) is 9.59 Å². The molecule has 1 amide bonds. The summed E-state index contributed by atoms with van der Waals surface area (Å²) in [5, 5.41) is 11.2. The highest BCUT2D eigenvalue weighted by molar-refractivity contribution is 5.66. The number of fused-ring (bicyclic) bond motifs is 1. The van der Waals surface area contributed by atoms with Crippen molar-refractivity contribution in [3.63, 3.8) is 0 Å². The van der Waals surface area contributed by atoms with E-state index >= 15 is 0 Å². The molecule has 0 aromatic carbocycles. The second-order valence-corrected chi connectivity index (χ2v) is 6.09. The van der Waals surface area contributed by atoms with Crippen LogP contribution < -0.4 is 16.5 Å². The normalized spacial score (nSPS) is 29.9. The zero-order chi connectivity index (χ0) is 18.2. The molecule has 11 nitrogen and oxygen atoms in total. The third-order valence-corrected chi connectivity index (χ3v) is 3.93. The lowest BCUT2D eigenvalue weighted by Gasteiger charge is -2.24. The van der Waals surface area contributed by atoms with Gasteiger partial charge in [-0.1, -0.05) is 0 Å². The summed E-state index contributed by atoms with van der Waals surface area (Å²) < 4.78 is 23.8. The Morgan fingerprint density at radius 3 is 2.80 bits per heavy atom. The van der Waals surface area contributed by atoms with Gasteiger partial charge in [-0.15, -0.1) is 0 Å². The number of nitrogens with one attached hydrogen (secondary N) is 2. The van der Waals surface area contributed by atoms with Gasteiger partial charge in [0.1, 0.15) is 24.9 Å². The van der Waals surface area contributed by atoms with Gasteiger partial charge >= 0.3 is 11.8 Å². The molecule has 3 rings (SSSR count). The third kappa shape index (κ3) is 3.44. The van der Waals surface area contributed by atoms with Crippen molar-refractivity contribution in [3.05, 3.63) is 22.7 Å². The van der Waals surface area contributed by atoms with Gasteiger partial charge in [0.2, 0.25) is 0 Å². The van der Waals surface area contributed by atoms with Crippen LogP contribution in [0.15, 0.2) is 17.1 Å². The van der Waals surface area contributed by atoms with Crippen molar-refractivity contribution in [2.75, 3.05) is 19.1 Å². The Kier molecular flexibility index (Phi) is 4.64. The molecule has 3 heterocycles. The minimum absolute atomic E-state index is 0.0132. The molecule has 25 heavy (non-hydrogen) atoms. The Bertz CT molecular complexity index is 707. The molecule has 2 aliphatic heterocycles. The molecule has 2 aliphatic rings. The zero-order valence-electron chi connectivity index (χ0n) is 14.0. The van der Waals surface area contributed by atoms with E-state index in [1.807, 2.05) is 5.48 Å². The molecule has 0 unspecified atom stereocenters. The highest BCUT2D eigenvalue weighted by Crippen LogP contribution is 2.42. The van der Waals surface area contributed by atoms with Gasteiger partial charge < -0.3 is 24.3 Å². The number of amides is 1. The van der Waals surface area contributed by atoms with Gasteiger partial charge in [0.25, 0.3) is 0 Å². The van der Waals surface area contributed by atoms with Crippen molar-refractivity contribution in [3.8, 4) is 0 Å². The quantitative estimate of drug-likeness (QED) is 0.628. The Labute approximate surface area is 142 Å². The summed E-state index contributed by atoms with van der Waals surface area (Å²) in [6.07, 6.45) is -1.70. The number of aromatic nitrogens is 2. The Balaban J connectivity index is 1.84. The first kappa shape index (κ1) is 17.6. The van der Waals surface area contributed by atoms with Crippen molar-refractivity contribution in [2.45, 2.75) is 44.2 Å². The van der Waals surface area contributed by atoms with Crippen LogP contribution >= 0.6 is 0 Å². The molecule has 3 N–H and O–H groups in total. The molecule has 0 spiro atoms. The lowest BCUT2D eigenvalue weighted by Crippen LogP contribution is -2.35. The second kappa shape index (κ2) is 6.59. The molecule has 1 aromatic rings. The van der Waals surface area contributed by atoms with Crippen molar-refractivity contribution in [2.24, 2.45) is 0 Å². The molecular formula is C14H20N4O7. The van der Waals surface area contributed by atoms with Crippen LogP contribution in [-0.2, 0) is 18.9 Å². The van der Waals surface area contributed by atoms with Gasteiger partial charge in [-0.05, 0) is 19.9 Å². The summed E-state index contributed by atoms with van der Waals surface area (Å²) in [6.45, 7) is 3.44. The molecule has 0 bridgehead atoms. The van der Waals surface area contributed by atoms with Crippen LogP contribution in [0.2, 0.25) is 0 Å². The van der Waals surface area contributed by atoms with E-state index in [0.29, 0.717) is 0 Å². The number of hydrogen-bond donors (Lipinski definition) is 3. The maximum Gasteiger partial charge on any atom is 0.406 e. The summed E-state index contributed by atoms with van der Waals surface area (Å²) in [5.74, 6) is -0.856. The molecule has 4 atom stereocenters. The maximum atomic E-state index is 12.2. The molecule has 2 fully saturated rings. The van der Waals surface area contributed by atoms with Crippen LogP contribution in [-0.4, -0.2) is 58.6 Å². The lowest BCUT2D eigenvalue weighted by atomic mass is 10.1. The molecule has 11 heteroatoms. The molecule has 1 aromatic heterocycles. The predicted octanol–water partition coefficient (Wildman–Crippen LogP) is -0.182. The van der Waals surface area contributed by atoms with Crippen LogP contribution in [0.25, 0.3) is 0 Å². The van der Waals surface area contributed by atoms with Crippen LogP contribution in [0.1, 0.15) is 20.1 Å². The van der Waals surface area contributed by atoms with E-state index in [1.165, 1.54) is 23.9 Å². The average molecular weight is 356 g/mol. The van der Waals surface area contributed by atoms with E-state index in [0.717, 1.165) is 0 Å². The number of nitrogens with zero attached hydrogens (tertiary/aromatic N) is 2. The first-order valence-corrected chi connectivity index (χ1v) is 7.69. The van der Waals surface area contributed by atoms with Crippen LogP contribution in [0.4, 0.5) is 10.6 Å². The van der Waals surface area contributed by atoms with Gasteiger partial charge in [0, 0.05) is 13.2 Å². The Hall–Kier alpha value is -2.21. The Morgan fingerprint density at radius 2 is 2.16 bits per heavy atom. The van der Waals surface area contributed by atoms with Crippen LogP contribution in [0.3, 0.4) is 0 Å². The minimum Gasteiger partial charge on any atom is -0.447 e. The molecule has 0 saturated carbocycles. The summed E-state index contributed by atoms with van der Waals surface area (Å²) in [6, 6.07) is 1.41. The number of carbonyl (C=O) groups is 1. The fourth-order valence-electron chi connectivity index (χ4n) is 2.92. The third-order valence-electron chi connectivity index (χ3n) is 3.93. The molecule has 2 saturated heterocycles. The number of hydrogen-bond acceptors (Lipinski definition) is 9. The number of ether oxygens (including phenoxy) is 4. The van der Waals surface area contributed by atoms with Crippen molar-refractivity contribution < 1.29 is 28.9 Å². The highest BCUT2D eigenvalue weighted by Gasteiger charge is 2.56. The Morgan fingerprint density at radius 1 is 1.44 bits per heavy atom. The van der Waals surface area contributed by atoms with Crippen molar-refractivity contribution >= 4 is 11.9 Å². The van der Waals surface area contributed by atoms with E-state index in [-0.39, 0.29) is 12.4 Å².